The number of amides is 2. The average molecular weight is 665 g/mol. The zero-order chi connectivity index (χ0) is 31.9. The van der Waals surface area contributed by atoms with E-state index < -0.39 is 6.04 Å². The molecule has 234 valence electrons. The molecule has 1 unspecified atom stereocenters. The molecule has 1 aliphatic rings. The van der Waals surface area contributed by atoms with Crippen LogP contribution in [0.5, 0.6) is 0 Å². The fourth-order valence-corrected chi connectivity index (χ4v) is 6.48. The van der Waals surface area contributed by atoms with E-state index in [-0.39, 0.29) is 30.5 Å². The predicted octanol–water partition coefficient (Wildman–Crippen LogP) is 6.92. The largest absolute Gasteiger partial charge is 0.396 e. The molecule has 4 aromatic rings. The molecule has 1 fully saturated rings. The molecular formula is C36H36Cl3N3O3. The Morgan fingerprint density at radius 1 is 0.800 bits per heavy atom. The summed E-state index contributed by atoms with van der Waals surface area (Å²) in [6.45, 7) is 0.613. The Hall–Kier alpha value is -3.39. The van der Waals surface area contributed by atoms with Crippen LogP contribution in [0.15, 0.2) is 97.1 Å². The first-order valence-corrected chi connectivity index (χ1v) is 16.2. The molecule has 4 aromatic carbocycles. The summed E-state index contributed by atoms with van der Waals surface area (Å²) in [5.74, 6) is -0.307. The number of hydrogen-bond donors (Lipinski definition) is 2. The maximum atomic E-state index is 14.4. The molecule has 0 aliphatic carbocycles. The number of piperazine rings is 1. The second-order valence-electron chi connectivity index (χ2n) is 11.4. The molecule has 6 nitrogen and oxygen atoms in total. The molecule has 0 bridgehead atoms. The standard InChI is InChI=1S/C36H36Cl3N3O3/c37-27-15-13-26(14-16-27)30-10-4-5-11-31(30)35(44)41-23-29(19-24-7-2-1-3-8-24)42(22-28(41)9-6-18-43)36(45)34(40)21-25-12-17-32(38)33(39)20-25/h1-5,7-8,10-17,20,28-29,34,43H,6,9,18-19,21-23,40H2/t28-,29+,34?/m0/s1. The maximum Gasteiger partial charge on any atom is 0.254 e. The summed E-state index contributed by atoms with van der Waals surface area (Å²) in [5.41, 5.74) is 10.7. The van der Waals surface area contributed by atoms with Gasteiger partial charge in [-0.05, 0) is 78.3 Å². The lowest BCUT2D eigenvalue weighted by Crippen LogP contribution is -2.64. The number of halogens is 3. The van der Waals surface area contributed by atoms with E-state index in [0.29, 0.717) is 59.4 Å². The number of aliphatic hydroxyl groups is 1. The smallest absolute Gasteiger partial charge is 0.254 e. The van der Waals surface area contributed by atoms with E-state index in [1.165, 1.54) is 0 Å². The van der Waals surface area contributed by atoms with Gasteiger partial charge in [0.2, 0.25) is 5.91 Å². The van der Waals surface area contributed by atoms with Gasteiger partial charge in [-0.1, -0.05) is 102 Å². The van der Waals surface area contributed by atoms with Crippen LogP contribution in [0.1, 0.15) is 34.3 Å². The maximum absolute atomic E-state index is 14.4. The van der Waals surface area contributed by atoms with Crippen molar-refractivity contribution in [3.8, 4) is 11.1 Å². The fourth-order valence-electron chi connectivity index (χ4n) is 6.03. The molecule has 1 aliphatic heterocycles. The van der Waals surface area contributed by atoms with Crippen LogP contribution in [0, 0.1) is 0 Å². The van der Waals surface area contributed by atoms with Crippen molar-refractivity contribution < 1.29 is 14.7 Å². The van der Waals surface area contributed by atoms with Gasteiger partial charge in [0.25, 0.3) is 5.91 Å². The molecular weight excluding hydrogens is 629 g/mol. The van der Waals surface area contributed by atoms with E-state index in [1.54, 1.807) is 12.1 Å². The SMILES string of the molecule is NC(Cc1ccc(Cl)c(Cl)c1)C(=O)N1C[C@H](CCCO)N(C(=O)c2ccccc2-c2ccc(Cl)cc2)C[C@H]1Cc1ccccc1. The highest BCUT2D eigenvalue weighted by molar-refractivity contribution is 6.42. The zero-order valence-electron chi connectivity index (χ0n) is 24.8. The van der Waals surface area contributed by atoms with E-state index in [1.807, 2.05) is 94.7 Å². The Kier molecular flexibility index (Phi) is 11.2. The molecule has 1 saturated heterocycles. The van der Waals surface area contributed by atoms with Crippen molar-refractivity contribution in [3.05, 3.63) is 129 Å². The summed E-state index contributed by atoms with van der Waals surface area (Å²) >= 11 is 18.5. The van der Waals surface area contributed by atoms with Gasteiger partial charge in [0.1, 0.15) is 0 Å². The van der Waals surface area contributed by atoms with Crippen molar-refractivity contribution in [3.63, 3.8) is 0 Å². The van der Waals surface area contributed by atoms with Crippen LogP contribution >= 0.6 is 34.8 Å². The lowest BCUT2D eigenvalue weighted by atomic mass is 9.93. The van der Waals surface area contributed by atoms with Gasteiger partial charge in [0, 0.05) is 36.3 Å². The zero-order valence-corrected chi connectivity index (χ0v) is 27.1. The number of carbonyl (C=O) groups is 2. The Balaban J connectivity index is 1.47. The van der Waals surface area contributed by atoms with Crippen molar-refractivity contribution in [2.45, 2.75) is 43.8 Å². The minimum absolute atomic E-state index is 0.0158. The topological polar surface area (TPSA) is 86.9 Å². The van der Waals surface area contributed by atoms with Gasteiger partial charge < -0.3 is 20.6 Å². The van der Waals surface area contributed by atoms with Crippen molar-refractivity contribution in [1.29, 1.82) is 0 Å². The van der Waals surface area contributed by atoms with Crippen LogP contribution in [0.2, 0.25) is 15.1 Å². The monoisotopic (exact) mass is 663 g/mol. The molecule has 0 saturated carbocycles. The quantitative estimate of drug-likeness (QED) is 0.193. The van der Waals surface area contributed by atoms with Gasteiger partial charge in [-0.25, -0.2) is 0 Å². The highest BCUT2D eigenvalue weighted by atomic mass is 35.5. The summed E-state index contributed by atoms with van der Waals surface area (Å²) in [5, 5.41) is 11.2. The summed E-state index contributed by atoms with van der Waals surface area (Å²) in [6.07, 6.45) is 1.88. The Bertz CT molecular complexity index is 1620. The molecule has 0 aromatic heterocycles. The van der Waals surface area contributed by atoms with Gasteiger partial charge in [-0.2, -0.15) is 0 Å². The van der Waals surface area contributed by atoms with Crippen molar-refractivity contribution >= 4 is 46.6 Å². The van der Waals surface area contributed by atoms with Gasteiger partial charge in [-0.15, -0.1) is 0 Å². The number of rotatable bonds is 10. The highest BCUT2D eigenvalue weighted by Crippen LogP contribution is 2.30. The Morgan fingerprint density at radius 2 is 1.49 bits per heavy atom. The molecule has 3 atom stereocenters. The molecule has 2 amide bonds. The second-order valence-corrected chi connectivity index (χ2v) is 12.7. The van der Waals surface area contributed by atoms with Gasteiger partial charge in [-0.3, -0.25) is 9.59 Å². The summed E-state index contributed by atoms with van der Waals surface area (Å²) in [6, 6.07) is 28.7. The van der Waals surface area contributed by atoms with E-state index in [0.717, 1.165) is 22.3 Å². The highest BCUT2D eigenvalue weighted by Gasteiger charge is 2.40. The van der Waals surface area contributed by atoms with Crippen molar-refractivity contribution in [2.75, 3.05) is 19.7 Å². The van der Waals surface area contributed by atoms with Crippen LogP contribution in [-0.2, 0) is 17.6 Å². The Morgan fingerprint density at radius 3 is 2.20 bits per heavy atom. The normalized spacial score (nSPS) is 17.3. The molecule has 0 radical (unpaired) electrons. The first-order valence-electron chi connectivity index (χ1n) is 15.1. The van der Waals surface area contributed by atoms with Crippen LogP contribution in [0.25, 0.3) is 11.1 Å². The number of hydrogen-bond acceptors (Lipinski definition) is 4. The van der Waals surface area contributed by atoms with Gasteiger partial charge in [0.05, 0.1) is 22.1 Å². The van der Waals surface area contributed by atoms with Crippen molar-refractivity contribution in [2.24, 2.45) is 5.73 Å². The summed E-state index contributed by atoms with van der Waals surface area (Å²) in [7, 11) is 0. The minimum atomic E-state index is -0.813. The molecule has 0 spiro atoms. The third kappa shape index (κ3) is 8.07. The minimum Gasteiger partial charge on any atom is -0.396 e. The van der Waals surface area contributed by atoms with E-state index in [9.17, 15) is 14.7 Å². The third-order valence-electron chi connectivity index (χ3n) is 8.32. The van der Waals surface area contributed by atoms with E-state index >= 15 is 0 Å². The van der Waals surface area contributed by atoms with Crippen LogP contribution in [0.4, 0.5) is 0 Å². The van der Waals surface area contributed by atoms with E-state index in [4.69, 9.17) is 40.5 Å². The first kappa shape index (κ1) is 33.0. The molecule has 3 N–H and O–H groups in total. The number of aliphatic hydroxyl groups excluding tert-OH is 1. The molecule has 1 heterocycles. The average Bonchev–Trinajstić information content (AvgIpc) is 3.06. The van der Waals surface area contributed by atoms with Crippen molar-refractivity contribution in [1.82, 2.24) is 9.80 Å². The summed E-state index contributed by atoms with van der Waals surface area (Å²) in [4.78, 5) is 32.2. The molecule has 9 heteroatoms. The third-order valence-corrected chi connectivity index (χ3v) is 9.31. The second kappa shape index (κ2) is 15.3. The van der Waals surface area contributed by atoms with Crippen LogP contribution in [0.3, 0.4) is 0 Å². The lowest BCUT2D eigenvalue weighted by Gasteiger charge is -2.47. The molecule has 5 rings (SSSR count). The first-order chi connectivity index (χ1) is 21.7. The Labute approximate surface area is 279 Å². The fraction of sp³-hybridized carbons (Fsp3) is 0.278. The summed E-state index contributed by atoms with van der Waals surface area (Å²) < 4.78 is 0. The lowest BCUT2D eigenvalue weighted by molar-refractivity contribution is -0.138. The number of nitrogens with zero attached hydrogens (tertiary/aromatic N) is 2. The predicted molar refractivity (Wildman–Crippen MR) is 182 cm³/mol. The van der Waals surface area contributed by atoms with E-state index in [2.05, 4.69) is 0 Å². The number of carbonyl (C=O) groups excluding carboxylic acids is 2. The van der Waals surface area contributed by atoms with Crippen LogP contribution in [-0.4, -0.2) is 64.5 Å². The molecule has 45 heavy (non-hydrogen) atoms. The van der Waals surface area contributed by atoms with Gasteiger partial charge >= 0.3 is 0 Å². The van der Waals surface area contributed by atoms with Crippen LogP contribution < -0.4 is 5.73 Å². The van der Waals surface area contributed by atoms with Gasteiger partial charge in [0.15, 0.2) is 0 Å². The number of benzene rings is 4. The number of nitrogens with two attached hydrogens (primary N) is 1.